The predicted molar refractivity (Wildman–Crippen MR) is 127 cm³/mol. The van der Waals surface area contributed by atoms with Crippen LogP contribution >= 0.6 is 0 Å². The van der Waals surface area contributed by atoms with Crippen molar-refractivity contribution in [2.75, 3.05) is 31.2 Å². The maximum atomic E-state index is 12.6. The van der Waals surface area contributed by atoms with Crippen LogP contribution < -0.4 is 15.8 Å². The van der Waals surface area contributed by atoms with Crippen LogP contribution in [-0.2, 0) is 0 Å². The van der Waals surface area contributed by atoms with Crippen LogP contribution in [0.25, 0.3) is 0 Å². The van der Waals surface area contributed by atoms with Crippen molar-refractivity contribution in [3.8, 4) is 5.75 Å². The Kier molecular flexibility index (Phi) is 6.99. The van der Waals surface area contributed by atoms with Gasteiger partial charge in [-0.3, -0.25) is 14.4 Å². The van der Waals surface area contributed by atoms with E-state index in [2.05, 4.69) is 37.9 Å². The number of anilines is 2. The number of piperidine rings is 1. The highest BCUT2D eigenvalue weighted by atomic mass is 16.5. The summed E-state index contributed by atoms with van der Waals surface area (Å²) in [7, 11) is 1.67. The Bertz CT molecular complexity index is 1110. The van der Waals surface area contributed by atoms with Gasteiger partial charge in [0, 0.05) is 31.2 Å². The Morgan fingerprint density at radius 1 is 1.36 bits per heavy atom. The molecule has 1 fully saturated rings. The number of hydrogen-bond acceptors (Lipinski definition) is 7. The maximum Gasteiger partial charge on any atom is 0.278 e. The van der Waals surface area contributed by atoms with Crippen LogP contribution in [0.15, 0.2) is 61.7 Å². The minimum atomic E-state index is -0.427. The number of nitrogens with two attached hydrogens (primary N) is 1. The molecule has 0 radical (unpaired) electrons. The molecule has 1 amide bonds. The van der Waals surface area contributed by atoms with Gasteiger partial charge in [-0.1, -0.05) is 24.6 Å². The monoisotopic (exact) mass is 447 g/mol. The molecule has 1 aromatic carbocycles. The molecule has 9 nitrogen and oxygen atoms in total. The highest BCUT2D eigenvalue weighted by Crippen LogP contribution is 2.33. The van der Waals surface area contributed by atoms with Gasteiger partial charge in [0.05, 0.1) is 25.0 Å². The van der Waals surface area contributed by atoms with Gasteiger partial charge in [0.2, 0.25) is 0 Å². The Labute approximate surface area is 193 Å². The first kappa shape index (κ1) is 22.5. The molecule has 3 heterocycles. The number of aromatic nitrogens is 4. The van der Waals surface area contributed by atoms with E-state index in [0.717, 1.165) is 43.7 Å². The second-order valence-corrected chi connectivity index (χ2v) is 8.02. The molecular formula is C24H29N7O2. The van der Waals surface area contributed by atoms with Gasteiger partial charge in [-0.2, -0.15) is 5.10 Å². The lowest BCUT2D eigenvalue weighted by Crippen LogP contribution is -2.45. The molecule has 2 aromatic heterocycles. The minimum Gasteiger partial charge on any atom is -0.497 e. The van der Waals surface area contributed by atoms with Crippen molar-refractivity contribution in [3.05, 3.63) is 73.0 Å². The largest absolute Gasteiger partial charge is 0.497 e. The quantitative estimate of drug-likeness (QED) is 0.510. The molecule has 172 valence electrons. The molecule has 3 aromatic rings. The summed E-state index contributed by atoms with van der Waals surface area (Å²) >= 11 is 0. The second-order valence-electron chi connectivity index (χ2n) is 8.02. The van der Waals surface area contributed by atoms with Crippen LogP contribution in [0.4, 0.5) is 11.5 Å². The van der Waals surface area contributed by atoms with Gasteiger partial charge in [0.25, 0.3) is 5.91 Å². The van der Waals surface area contributed by atoms with E-state index in [1.165, 1.54) is 12.4 Å². The SMILES string of the molecule is C=CCN1CCCC[C@@H]1C(c1cccc(OC)c1)n1cc(NC(=O)c2nccnc2N)cn1. The van der Waals surface area contributed by atoms with Crippen molar-refractivity contribution >= 4 is 17.4 Å². The van der Waals surface area contributed by atoms with Crippen molar-refractivity contribution in [3.63, 3.8) is 0 Å². The molecule has 3 N–H and O–H groups in total. The van der Waals surface area contributed by atoms with Crippen molar-refractivity contribution < 1.29 is 9.53 Å². The third-order valence-corrected chi connectivity index (χ3v) is 5.91. The van der Waals surface area contributed by atoms with Gasteiger partial charge in [-0.05, 0) is 37.1 Å². The zero-order valence-electron chi connectivity index (χ0n) is 18.7. The highest BCUT2D eigenvalue weighted by molar-refractivity contribution is 6.05. The third kappa shape index (κ3) is 5.04. The summed E-state index contributed by atoms with van der Waals surface area (Å²) < 4.78 is 7.39. The Morgan fingerprint density at radius 2 is 2.21 bits per heavy atom. The number of ether oxygens (including phenoxy) is 1. The summed E-state index contributed by atoms with van der Waals surface area (Å²) in [5.74, 6) is 0.449. The fraction of sp³-hybridized carbons (Fsp3) is 0.333. The molecule has 4 rings (SSSR count). The third-order valence-electron chi connectivity index (χ3n) is 5.91. The summed E-state index contributed by atoms with van der Waals surface area (Å²) in [6, 6.07) is 8.23. The average Bonchev–Trinajstić information content (AvgIpc) is 3.28. The molecule has 0 aliphatic carbocycles. The van der Waals surface area contributed by atoms with E-state index in [0.29, 0.717) is 5.69 Å². The number of carbonyl (C=O) groups excluding carboxylic acids is 1. The summed E-state index contributed by atoms with van der Waals surface area (Å²) in [5, 5.41) is 7.46. The number of rotatable bonds is 8. The molecule has 0 bridgehead atoms. The van der Waals surface area contributed by atoms with Crippen LogP contribution in [0.3, 0.4) is 0 Å². The number of likely N-dealkylation sites (tertiary alicyclic amines) is 1. The number of benzene rings is 1. The van der Waals surface area contributed by atoms with E-state index in [9.17, 15) is 4.79 Å². The summed E-state index contributed by atoms with van der Waals surface area (Å²) in [4.78, 5) is 23.0. The fourth-order valence-electron chi connectivity index (χ4n) is 4.41. The zero-order chi connectivity index (χ0) is 23.2. The van der Waals surface area contributed by atoms with E-state index < -0.39 is 5.91 Å². The lowest BCUT2D eigenvalue weighted by atomic mass is 9.90. The maximum absolute atomic E-state index is 12.6. The van der Waals surface area contributed by atoms with Crippen molar-refractivity contribution in [2.24, 2.45) is 0 Å². The van der Waals surface area contributed by atoms with Crippen molar-refractivity contribution in [2.45, 2.75) is 31.3 Å². The molecule has 33 heavy (non-hydrogen) atoms. The topological polar surface area (TPSA) is 111 Å². The number of nitrogen functional groups attached to an aromatic ring is 1. The van der Waals surface area contributed by atoms with Crippen LogP contribution in [0.2, 0.25) is 0 Å². The summed E-state index contributed by atoms with van der Waals surface area (Å²) in [6.45, 7) is 5.76. The normalized spacial score (nSPS) is 17.3. The highest BCUT2D eigenvalue weighted by Gasteiger charge is 2.32. The van der Waals surface area contributed by atoms with Crippen LogP contribution in [-0.4, -0.2) is 56.8 Å². The standard InChI is InChI=1S/C24H29N7O2/c1-3-12-30-13-5-4-9-20(30)22(17-7-6-8-19(14-17)33-2)31-16-18(15-28-31)29-24(32)21-23(25)27-11-10-26-21/h3,6-8,10-11,14-16,20,22H,1,4-5,9,12-13H2,2H3,(H2,25,27)(H,29,32)/t20-,22?/m1/s1. The molecule has 0 saturated carbocycles. The average molecular weight is 448 g/mol. The first-order valence-corrected chi connectivity index (χ1v) is 11.0. The molecule has 1 aliphatic heterocycles. The number of hydrogen-bond donors (Lipinski definition) is 2. The van der Waals surface area contributed by atoms with Gasteiger partial charge in [-0.15, -0.1) is 6.58 Å². The van der Waals surface area contributed by atoms with Crippen molar-refractivity contribution in [1.29, 1.82) is 0 Å². The van der Waals surface area contributed by atoms with E-state index >= 15 is 0 Å². The molecule has 1 aliphatic rings. The smallest absolute Gasteiger partial charge is 0.278 e. The van der Waals surface area contributed by atoms with Crippen LogP contribution in [0.5, 0.6) is 5.75 Å². The lowest BCUT2D eigenvalue weighted by molar-refractivity contribution is 0.102. The Morgan fingerprint density at radius 3 is 3.00 bits per heavy atom. The van der Waals surface area contributed by atoms with Crippen molar-refractivity contribution in [1.82, 2.24) is 24.6 Å². The van der Waals surface area contributed by atoms with Gasteiger partial charge < -0.3 is 15.8 Å². The van der Waals surface area contributed by atoms with Crippen LogP contribution in [0, 0.1) is 0 Å². The second kappa shape index (κ2) is 10.3. The van der Waals surface area contributed by atoms with E-state index in [4.69, 9.17) is 10.5 Å². The fourth-order valence-corrected chi connectivity index (χ4v) is 4.41. The van der Waals surface area contributed by atoms with E-state index in [1.54, 1.807) is 13.3 Å². The lowest BCUT2D eigenvalue weighted by Gasteiger charge is -2.40. The number of amides is 1. The first-order chi connectivity index (χ1) is 16.1. The molecular weight excluding hydrogens is 418 g/mol. The van der Waals surface area contributed by atoms with Gasteiger partial charge in [-0.25, -0.2) is 9.97 Å². The summed E-state index contributed by atoms with van der Waals surface area (Å²) in [6.07, 6.45) is 11.7. The Hall–Kier alpha value is -3.72. The Balaban J connectivity index is 1.66. The molecule has 1 unspecified atom stereocenters. The van der Waals surface area contributed by atoms with E-state index in [1.807, 2.05) is 35.2 Å². The molecule has 2 atom stereocenters. The number of carbonyl (C=O) groups is 1. The number of methoxy groups -OCH3 is 1. The molecule has 0 spiro atoms. The molecule has 9 heteroatoms. The predicted octanol–water partition coefficient (Wildman–Crippen LogP) is 3.15. The first-order valence-electron chi connectivity index (χ1n) is 11.0. The van der Waals surface area contributed by atoms with Gasteiger partial charge in [0.15, 0.2) is 11.5 Å². The number of nitrogens with zero attached hydrogens (tertiary/aromatic N) is 5. The van der Waals surface area contributed by atoms with Gasteiger partial charge in [0.1, 0.15) is 5.75 Å². The molecule has 1 saturated heterocycles. The zero-order valence-corrected chi connectivity index (χ0v) is 18.7. The summed E-state index contributed by atoms with van der Waals surface area (Å²) in [5.41, 5.74) is 7.53. The van der Waals surface area contributed by atoms with E-state index in [-0.39, 0.29) is 23.6 Å². The van der Waals surface area contributed by atoms with Crippen LogP contribution in [0.1, 0.15) is 41.4 Å². The minimum absolute atomic E-state index is 0.0624. The van der Waals surface area contributed by atoms with Gasteiger partial charge >= 0.3 is 0 Å². The number of nitrogens with one attached hydrogen (secondary N) is 1.